The molecular formula is C7H14N2O5S. The van der Waals surface area contributed by atoms with Crippen molar-refractivity contribution >= 4 is 22.1 Å². The highest BCUT2D eigenvalue weighted by Crippen LogP contribution is 1.88. The van der Waals surface area contributed by atoms with Crippen LogP contribution < -0.4 is 9.44 Å². The van der Waals surface area contributed by atoms with Gasteiger partial charge in [0.1, 0.15) is 5.78 Å². The first-order valence-electron chi connectivity index (χ1n) is 4.25. The van der Waals surface area contributed by atoms with Crippen LogP contribution in [0.1, 0.15) is 20.8 Å². The number of nitrogens with one attached hydrogen (secondary N) is 2. The number of rotatable bonds is 5. The lowest BCUT2D eigenvalue weighted by Crippen LogP contribution is -2.46. The lowest BCUT2D eigenvalue weighted by molar-refractivity contribution is -0.118. The van der Waals surface area contributed by atoms with Crippen molar-refractivity contribution in [2.45, 2.75) is 26.8 Å². The van der Waals surface area contributed by atoms with Gasteiger partial charge in [-0.2, -0.15) is 13.1 Å². The van der Waals surface area contributed by atoms with E-state index >= 15 is 0 Å². The van der Waals surface area contributed by atoms with Crippen molar-refractivity contribution in [2.75, 3.05) is 6.61 Å². The van der Waals surface area contributed by atoms with Gasteiger partial charge in [-0.1, -0.05) is 0 Å². The summed E-state index contributed by atoms with van der Waals surface area (Å²) in [6.07, 6.45) is -1.08. The number of carbonyl (C=O) groups is 2. The number of hydrogen-bond acceptors (Lipinski definition) is 5. The molecular weight excluding hydrogens is 224 g/mol. The molecule has 88 valence electrons. The summed E-state index contributed by atoms with van der Waals surface area (Å²) in [7, 11) is -4.04. The van der Waals surface area contributed by atoms with Gasteiger partial charge in [0.2, 0.25) is 0 Å². The Morgan fingerprint density at radius 2 is 1.93 bits per heavy atom. The van der Waals surface area contributed by atoms with E-state index in [4.69, 9.17) is 0 Å². The van der Waals surface area contributed by atoms with Gasteiger partial charge in [0.05, 0.1) is 12.6 Å². The van der Waals surface area contributed by atoms with Crippen molar-refractivity contribution in [3.8, 4) is 0 Å². The molecule has 15 heavy (non-hydrogen) atoms. The molecule has 0 saturated heterocycles. The molecule has 0 aromatic heterocycles. The van der Waals surface area contributed by atoms with Gasteiger partial charge in [-0.25, -0.2) is 9.52 Å². The average molecular weight is 238 g/mol. The van der Waals surface area contributed by atoms with Crippen LogP contribution in [-0.2, 0) is 19.7 Å². The minimum absolute atomic E-state index is 0.0591. The Hall–Kier alpha value is -1.15. The number of amides is 1. The zero-order chi connectivity index (χ0) is 12.1. The molecule has 0 heterocycles. The monoisotopic (exact) mass is 238 g/mol. The van der Waals surface area contributed by atoms with Crippen LogP contribution in [-0.4, -0.2) is 32.9 Å². The third-order valence-corrected chi connectivity index (χ3v) is 2.53. The predicted molar refractivity (Wildman–Crippen MR) is 52.4 cm³/mol. The highest BCUT2D eigenvalue weighted by atomic mass is 32.2. The second-order valence-electron chi connectivity index (χ2n) is 2.78. The number of hydrogen-bond donors (Lipinski definition) is 2. The molecule has 0 aromatic carbocycles. The summed E-state index contributed by atoms with van der Waals surface area (Å²) in [4.78, 5) is 21.5. The third kappa shape index (κ3) is 6.02. The number of ether oxygens (including phenoxy) is 1. The zero-order valence-corrected chi connectivity index (χ0v) is 9.55. The van der Waals surface area contributed by atoms with Crippen molar-refractivity contribution in [3.05, 3.63) is 0 Å². The van der Waals surface area contributed by atoms with Crippen molar-refractivity contribution in [1.82, 2.24) is 9.44 Å². The van der Waals surface area contributed by atoms with E-state index in [2.05, 4.69) is 4.74 Å². The smallest absolute Gasteiger partial charge is 0.421 e. The molecule has 0 saturated carbocycles. The van der Waals surface area contributed by atoms with E-state index < -0.39 is 22.3 Å². The van der Waals surface area contributed by atoms with E-state index in [-0.39, 0.29) is 12.4 Å². The molecule has 1 amide bonds. The summed E-state index contributed by atoms with van der Waals surface area (Å²) in [5, 5.41) is 0. The first-order valence-corrected chi connectivity index (χ1v) is 5.74. The standard InChI is InChI=1S/C7H14N2O5S/c1-4-14-7(11)9-15(12,13)8-5(2)6(3)10/h5,8H,4H2,1-3H3,(H,9,11). The summed E-state index contributed by atoms with van der Waals surface area (Å²) in [5.41, 5.74) is 0. The quantitative estimate of drug-likeness (QED) is 0.675. The van der Waals surface area contributed by atoms with Crippen LogP contribution in [0.15, 0.2) is 0 Å². The predicted octanol–water partition coefficient (Wildman–Crippen LogP) is -0.456. The van der Waals surface area contributed by atoms with Gasteiger partial charge in [-0.05, 0) is 20.8 Å². The molecule has 7 nitrogen and oxygen atoms in total. The summed E-state index contributed by atoms with van der Waals surface area (Å²) in [6, 6.07) is -0.892. The Morgan fingerprint density at radius 1 is 1.40 bits per heavy atom. The molecule has 0 rings (SSSR count). The van der Waals surface area contributed by atoms with Gasteiger partial charge in [0.15, 0.2) is 0 Å². The fourth-order valence-electron chi connectivity index (χ4n) is 0.615. The van der Waals surface area contributed by atoms with Crippen LogP contribution in [0.3, 0.4) is 0 Å². The maximum absolute atomic E-state index is 11.2. The largest absolute Gasteiger partial charge is 0.449 e. The molecule has 0 spiro atoms. The van der Waals surface area contributed by atoms with Crippen LogP contribution in [0.4, 0.5) is 4.79 Å². The minimum atomic E-state index is -4.04. The summed E-state index contributed by atoms with van der Waals surface area (Å²) >= 11 is 0. The SMILES string of the molecule is CCOC(=O)NS(=O)(=O)NC(C)C(C)=O. The van der Waals surface area contributed by atoms with Crippen molar-refractivity contribution in [1.29, 1.82) is 0 Å². The lowest BCUT2D eigenvalue weighted by atomic mass is 10.3. The Labute approximate surface area is 88.4 Å². The Balaban J connectivity index is 4.32. The molecule has 2 N–H and O–H groups in total. The normalized spacial score (nSPS) is 13.0. The van der Waals surface area contributed by atoms with E-state index in [1.165, 1.54) is 20.8 Å². The molecule has 0 fully saturated rings. The second-order valence-corrected chi connectivity index (χ2v) is 4.22. The minimum Gasteiger partial charge on any atom is -0.449 e. The molecule has 1 atom stereocenters. The average Bonchev–Trinajstić information content (AvgIpc) is 2.01. The first kappa shape index (κ1) is 13.8. The van der Waals surface area contributed by atoms with Gasteiger partial charge in [0, 0.05) is 0 Å². The van der Waals surface area contributed by atoms with Crippen molar-refractivity contribution < 1.29 is 22.7 Å². The second kappa shape index (κ2) is 5.66. The van der Waals surface area contributed by atoms with Crippen LogP contribution in [0.25, 0.3) is 0 Å². The Morgan fingerprint density at radius 3 is 2.33 bits per heavy atom. The highest BCUT2D eigenvalue weighted by Gasteiger charge is 2.19. The van der Waals surface area contributed by atoms with Crippen LogP contribution in [0.2, 0.25) is 0 Å². The zero-order valence-electron chi connectivity index (χ0n) is 8.73. The molecule has 8 heteroatoms. The van der Waals surface area contributed by atoms with Crippen molar-refractivity contribution in [2.24, 2.45) is 0 Å². The van der Waals surface area contributed by atoms with Crippen LogP contribution in [0, 0.1) is 0 Å². The van der Waals surface area contributed by atoms with Gasteiger partial charge in [-0.3, -0.25) is 4.79 Å². The van der Waals surface area contributed by atoms with E-state index in [9.17, 15) is 18.0 Å². The summed E-state index contributed by atoms with van der Waals surface area (Å²) < 4.78 is 30.2. The molecule has 0 aliphatic carbocycles. The van der Waals surface area contributed by atoms with E-state index in [1.807, 2.05) is 4.72 Å². The number of carbonyl (C=O) groups excluding carboxylic acids is 2. The maximum atomic E-state index is 11.2. The molecule has 0 radical (unpaired) electrons. The molecule has 0 aromatic rings. The van der Waals surface area contributed by atoms with Gasteiger partial charge in [-0.15, -0.1) is 0 Å². The maximum Gasteiger partial charge on any atom is 0.421 e. The van der Waals surface area contributed by atoms with Gasteiger partial charge < -0.3 is 4.74 Å². The number of Topliss-reactive ketones (excluding diaryl/α,β-unsaturated/α-hetero) is 1. The highest BCUT2D eigenvalue weighted by molar-refractivity contribution is 7.88. The van der Waals surface area contributed by atoms with E-state index in [0.717, 1.165) is 0 Å². The third-order valence-electron chi connectivity index (χ3n) is 1.43. The van der Waals surface area contributed by atoms with E-state index in [1.54, 1.807) is 4.72 Å². The molecule has 0 bridgehead atoms. The van der Waals surface area contributed by atoms with E-state index in [0.29, 0.717) is 0 Å². The van der Waals surface area contributed by atoms with Crippen molar-refractivity contribution in [3.63, 3.8) is 0 Å². The summed E-state index contributed by atoms with van der Waals surface area (Å²) in [6.45, 7) is 4.20. The molecule has 0 aliphatic rings. The Bertz CT molecular complexity index is 337. The summed E-state index contributed by atoms with van der Waals surface area (Å²) in [5.74, 6) is -0.357. The number of ketones is 1. The Kier molecular flexibility index (Phi) is 5.23. The first-order chi connectivity index (χ1) is 6.78. The lowest BCUT2D eigenvalue weighted by Gasteiger charge is -2.11. The fourth-order valence-corrected chi connectivity index (χ4v) is 1.58. The molecule has 1 unspecified atom stereocenters. The fraction of sp³-hybridized carbons (Fsp3) is 0.714. The molecule has 0 aliphatic heterocycles. The van der Waals surface area contributed by atoms with Gasteiger partial charge in [0.25, 0.3) is 0 Å². The van der Waals surface area contributed by atoms with Crippen LogP contribution >= 0.6 is 0 Å². The topological polar surface area (TPSA) is 102 Å². The van der Waals surface area contributed by atoms with Gasteiger partial charge >= 0.3 is 16.3 Å². The van der Waals surface area contributed by atoms with Crippen LogP contribution in [0.5, 0.6) is 0 Å².